The molecule has 1 aromatic heterocycles. The van der Waals surface area contributed by atoms with Crippen molar-refractivity contribution in [3.05, 3.63) is 18.2 Å². The molecule has 13 heavy (non-hydrogen) atoms. The molecule has 1 heterocycles. The minimum atomic E-state index is 0.277. The maximum atomic E-state index is 5.27. The molecule has 0 unspecified atom stereocenters. The average Bonchev–Trinajstić information content (AvgIpc) is 2.59. The standard InChI is InChI=1S/C8H9N3O2/c1-12-6-4-2-3-5-7(6)13-8(10-5)11-9/h2-4H,9H2,1H3,(H,10,11). The molecule has 0 saturated heterocycles. The maximum absolute atomic E-state index is 5.27. The number of hydrazine groups is 1. The zero-order chi connectivity index (χ0) is 9.26. The molecule has 0 bridgehead atoms. The normalized spacial score (nSPS) is 10.3. The number of hydrogen-bond acceptors (Lipinski definition) is 5. The number of nitrogens with one attached hydrogen (secondary N) is 1. The van der Waals surface area contributed by atoms with Crippen LogP contribution in [0.3, 0.4) is 0 Å². The minimum absolute atomic E-state index is 0.277. The summed E-state index contributed by atoms with van der Waals surface area (Å²) >= 11 is 0. The van der Waals surface area contributed by atoms with Gasteiger partial charge in [-0.2, -0.15) is 4.98 Å². The van der Waals surface area contributed by atoms with Crippen molar-refractivity contribution in [2.24, 2.45) is 5.84 Å². The molecule has 0 aliphatic carbocycles. The van der Waals surface area contributed by atoms with Gasteiger partial charge >= 0.3 is 6.01 Å². The Balaban J connectivity index is 2.67. The van der Waals surface area contributed by atoms with E-state index < -0.39 is 0 Å². The van der Waals surface area contributed by atoms with E-state index in [0.29, 0.717) is 16.8 Å². The van der Waals surface area contributed by atoms with E-state index in [1.807, 2.05) is 12.1 Å². The number of para-hydroxylation sites is 1. The molecule has 68 valence electrons. The van der Waals surface area contributed by atoms with Crippen LogP contribution < -0.4 is 16.0 Å². The molecular formula is C8H9N3O2. The summed E-state index contributed by atoms with van der Waals surface area (Å²) in [5.41, 5.74) is 3.64. The van der Waals surface area contributed by atoms with E-state index in [1.54, 1.807) is 13.2 Å². The van der Waals surface area contributed by atoms with Crippen LogP contribution in [-0.4, -0.2) is 12.1 Å². The number of methoxy groups -OCH3 is 1. The highest BCUT2D eigenvalue weighted by Crippen LogP contribution is 2.27. The van der Waals surface area contributed by atoms with Crippen LogP contribution >= 0.6 is 0 Å². The number of fused-ring (bicyclic) bond motifs is 1. The van der Waals surface area contributed by atoms with Gasteiger partial charge in [0.25, 0.3) is 0 Å². The Labute approximate surface area is 74.5 Å². The zero-order valence-electron chi connectivity index (χ0n) is 7.07. The Hall–Kier alpha value is -1.75. The fraction of sp³-hybridized carbons (Fsp3) is 0.125. The Kier molecular flexibility index (Phi) is 1.79. The molecule has 0 spiro atoms. The van der Waals surface area contributed by atoms with Crippen molar-refractivity contribution < 1.29 is 9.15 Å². The van der Waals surface area contributed by atoms with Crippen molar-refractivity contribution in [2.75, 3.05) is 12.5 Å². The predicted molar refractivity (Wildman–Crippen MR) is 48.4 cm³/mol. The van der Waals surface area contributed by atoms with Crippen molar-refractivity contribution in [1.82, 2.24) is 4.98 Å². The van der Waals surface area contributed by atoms with Gasteiger partial charge in [0.05, 0.1) is 7.11 Å². The van der Waals surface area contributed by atoms with Crippen LogP contribution in [0.15, 0.2) is 22.6 Å². The van der Waals surface area contributed by atoms with Crippen molar-refractivity contribution in [3.63, 3.8) is 0 Å². The van der Waals surface area contributed by atoms with Crippen molar-refractivity contribution in [2.45, 2.75) is 0 Å². The largest absolute Gasteiger partial charge is 0.493 e. The topological polar surface area (TPSA) is 73.3 Å². The van der Waals surface area contributed by atoms with Gasteiger partial charge in [-0.05, 0) is 12.1 Å². The van der Waals surface area contributed by atoms with E-state index in [2.05, 4.69) is 10.4 Å². The number of anilines is 1. The molecule has 0 radical (unpaired) electrons. The third-order valence-electron chi connectivity index (χ3n) is 1.72. The Morgan fingerprint density at radius 1 is 1.54 bits per heavy atom. The first-order valence-corrected chi connectivity index (χ1v) is 3.75. The molecule has 1 aromatic carbocycles. The van der Waals surface area contributed by atoms with Crippen LogP contribution in [0.1, 0.15) is 0 Å². The van der Waals surface area contributed by atoms with Gasteiger partial charge < -0.3 is 9.15 Å². The summed E-state index contributed by atoms with van der Waals surface area (Å²) in [5.74, 6) is 5.80. The first-order chi connectivity index (χ1) is 6.35. The van der Waals surface area contributed by atoms with Gasteiger partial charge in [-0.1, -0.05) is 6.07 Å². The van der Waals surface area contributed by atoms with Crippen molar-refractivity contribution >= 4 is 17.1 Å². The lowest BCUT2D eigenvalue weighted by Crippen LogP contribution is -2.06. The monoisotopic (exact) mass is 179 g/mol. The second-order valence-corrected chi connectivity index (χ2v) is 2.47. The van der Waals surface area contributed by atoms with Crippen LogP contribution in [0.5, 0.6) is 5.75 Å². The van der Waals surface area contributed by atoms with Gasteiger partial charge in [-0.25, -0.2) is 5.84 Å². The Morgan fingerprint density at radius 3 is 3.08 bits per heavy atom. The number of nitrogen functional groups attached to an aromatic ring is 1. The van der Waals surface area contributed by atoms with E-state index in [9.17, 15) is 0 Å². The van der Waals surface area contributed by atoms with Crippen LogP contribution in [0.4, 0.5) is 6.01 Å². The lowest BCUT2D eigenvalue weighted by molar-refractivity contribution is 0.411. The lowest BCUT2D eigenvalue weighted by atomic mass is 10.3. The average molecular weight is 179 g/mol. The third-order valence-corrected chi connectivity index (χ3v) is 1.72. The number of nitrogens with two attached hydrogens (primary N) is 1. The van der Waals surface area contributed by atoms with Gasteiger partial charge in [0.2, 0.25) is 0 Å². The van der Waals surface area contributed by atoms with E-state index in [4.69, 9.17) is 15.0 Å². The molecule has 0 amide bonds. The number of aromatic nitrogens is 1. The number of benzene rings is 1. The summed E-state index contributed by atoms with van der Waals surface area (Å²) in [6, 6.07) is 5.74. The van der Waals surface area contributed by atoms with Gasteiger partial charge in [0.15, 0.2) is 11.3 Å². The highest BCUT2D eigenvalue weighted by atomic mass is 16.5. The van der Waals surface area contributed by atoms with Crippen LogP contribution in [0.2, 0.25) is 0 Å². The molecule has 2 rings (SSSR count). The van der Waals surface area contributed by atoms with Gasteiger partial charge in [0.1, 0.15) is 5.52 Å². The maximum Gasteiger partial charge on any atom is 0.310 e. The second kappa shape index (κ2) is 2.95. The smallest absolute Gasteiger partial charge is 0.310 e. The fourth-order valence-corrected chi connectivity index (χ4v) is 1.15. The molecule has 0 aliphatic heterocycles. The molecule has 5 nitrogen and oxygen atoms in total. The van der Waals surface area contributed by atoms with Gasteiger partial charge in [-0.3, -0.25) is 5.43 Å². The number of oxazole rings is 1. The van der Waals surface area contributed by atoms with Gasteiger partial charge in [0, 0.05) is 0 Å². The molecule has 0 saturated carbocycles. The number of rotatable bonds is 2. The molecule has 0 aliphatic rings. The number of ether oxygens (including phenoxy) is 1. The predicted octanol–water partition coefficient (Wildman–Crippen LogP) is 1.12. The summed E-state index contributed by atoms with van der Waals surface area (Å²) < 4.78 is 10.3. The summed E-state index contributed by atoms with van der Waals surface area (Å²) in [5, 5.41) is 0. The van der Waals surface area contributed by atoms with E-state index >= 15 is 0 Å². The van der Waals surface area contributed by atoms with Crippen molar-refractivity contribution in [1.29, 1.82) is 0 Å². The van der Waals surface area contributed by atoms with Crippen LogP contribution in [0.25, 0.3) is 11.1 Å². The highest BCUT2D eigenvalue weighted by molar-refractivity contribution is 5.80. The summed E-state index contributed by atoms with van der Waals surface area (Å²) in [6.07, 6.45) is 0. The summed E-state index contributed by atoms with van der Waals surface area (Å²) in [4.78, 5) is 4.06. The Morgan fingerprint density at radius 2 is 2.38 bits per heavy atom. The number of hydrogen-bond donors (Lipinski definition) is 2. The first kappa shape index (κ1) is 7.88. The molecule has 3 N–H and O–H groups in total. The Bertz CT molecular complexity index is 424. The zero-order valence-corrected chi connectivity index (χ0v) is 7.07. The molecule has 2 aromatic rings. The minimum Gasteiger partial charge on any atom is -0.493 e. The quantitative estimate of drug-likeness (QED) is 0.533. The van der Waals surface area contributed by atoms with Crippen LogP contribution in [0, 0.1) is 0 Å². The second-order valence-electron chi connectivity index (χ2n) is 2.47. The van der Waals surface area contributed by atoms with E-state index in [-0.39, 0.29) is 6.01 Å². The fourth-order valence-electron chi connectivity index (χ4n) is 1.15. The highest BCUT2D eigenvalue weighted by Gasteiger charge is 2.08. The van der Waals surface area contributed by atoms with E-state index in [1.165, 1.54) is 0 Å². The summed E-state index contributed by atoms with van der Waals surface area (Å²) in [7, 11) is 1.58. The van der Waals surface area contributed by atoms with E-state index in [0.717, 1.165) is 0 Å². The number of nitrogens with zero attached hydrogens (tertiary/aromatic N) is 1. The molecule has 0 atom stereocenters. The summed E-state index contributed by atoms with van der Waals surface area (Å²) in [6.45, 7) is 0. The SMILES string of the molecule is COc1cccc2nc(NN)oc12. The van der Waals surface area contributed by atoms with Crippen LogP contribution in [-0.2, 0) is 0 Å². The third kappa shape index (κ3) is 1.19. The lowest BCUT2D eigenvalue weighted by Gasteiger charge is -1.96. The molecule has 0 fully saturated rings. The van der Waals surface area contributed by atoms with Crippen molar-refractivity contribution in [3.8, 4) is 5.75 Å². The molecular weight excluding hydrogens is 170 g/mol. The first-order valence-electron chi connectivity index (χ1n) is 3.75. The molecule has 5 heteroatoms. The van der Waals surface area contributed by atoms with Gasteiger partial charge in [-0.15, -0.1) is 0 Å².